The van der Waals surface area contributed by atoms with Crippen LogP contribution in [0.3, 0.4) is 0 Å². The highest BCUT2D eigenvalue weighted by molar-refractivity contribution is 6.13. The van der Waals surface area contributed by atoms with Crippen molar-refractivity contribution in [1.82, 2.24) is 4.57 Å². The molecular formula is C70H48N2. The SMILES string of the molecule is CC1(C)c2ccccc2-c2cc3c4cc(-c5ccc(N(c6ccc(-c7ccccc7)cc6)c6ccc7c(c6)-c6ccccc6C76c7ccccc7-c7ccccc76)cc5)ccc4n(-c4ccccc4)c3cc21. The molecule has 15 rings (SSSR count). The van der Waals surface area contributed by atoms with Gasteiger partial charge >= 0.3 is 0 Å². The molecule has 1 aromatic heterocycles. The normalized spacial score (nSPS) is 13.9. The lowest BCUT2D eigenvalue weighted by Gasteiger charge is -2.31. The highest BCUT2D eigenvalue weighted by atomic mass is 15.1. The van der Waals surface area contributed by atoms with Gasteiger partial charge in [-0.05, 0) is 162 Å². The van der Waals surface area contributed by atoms with E-state index in [1.54, 1.807) is 0 Å². The molecule has 0 aliphatic heterocycles. The maximum absolute atomic E-state index is 2.47. The van der Waals surface area contributed by atoms with Crippen LogP contribution in [-0.2, 0) is 10.8 Å². The van der Waals surface area contributed by atoms with Crippen LogP contribution in [0.15, 0.2) is 255 Å². The van der Waals surface area contributed by atoms with E-state index in [0.29, 0.717) is 0 Å². The van der Waals surface area contributed by atoms with Crippen LogP contribution in [0.2, 0.25) is 0 Å². The smallest absolute Gasteiger partial charge is 0.0725 e. The largest absolute Gasteiger partial charge is 0.310 e. The van der Waals surface area contributed by atoms with Gasteiger partial charge in [0.05, 0.1) is 16.4 Å². The Morgan fingerprint density at radius 2 is 0.722 bits per heavy atom. The average Bonchev–Trinajstić information content (AvgIpc) is 4.11. The number of anilines is 3. The minimum Gasteiger partial charge on any atom is -0.310 e. The fourth-order valence-electron chi connectivity index (χ4n) is 13.2. The van der Waals surface area contributed by atoms with Gasteiger partial charge in [-0.2, -0.15) is 0 Å². The molecule has 0 bridgehead atoms. The summed E-state index contributed by atoms with van der Waals surface area (Å²) in [5.74, 6) is 0. The van der Waals surface area contributed by atoms with Crippen molar-refractivity contribution in [2.75, 3.05) is 4.90 Å². The lowest BCUT2D eigenvalue weighted by atomic mass is 9.70. The van der Waals surface area contributed by atoms with E-state index >= 15 is 0 Å². The molecule has 11 aromatic carbocycles. The van der Waals surface area contributed by atoms with E-state index in [2.05, 4.69) is 278 Å². The van der Waals surface area contributed by atoms with Crippen molar-refractivity contribution in [2.24, 2.45) is 0 Å². The predicted octanol–water partition coefficient (Wildman–Crippen LogP) is 18.2. The number of fused-ring (bicyclic) bond motifs is 16. The van der Waals surface area contributed by atoms with Crippen LogP contribution in [0.4, 0.5) is 17.1 Å². The molecule has 2 nitrogen and oxygen atoms in total. The highest BCUT2D eigenvalue weighted by Gasteiger charge is 2.51. The summed E-state index contributed by atoms with van der Waals surface area (Å²) in [5.41, 5.74) is 27.3. The Labute approximate surface area is 420 Å². The molecular weight excluding hydrogens is 869 g/mol. The second kappa shape index (κ2) is 15.3. The van der Waals surface area contributed by atoms with E-state index in [1.807, 2.05) is 0 Å². The summed E-state index contributed by atoms with van der Waals surface area (Å²) in [6.45, 7) is 4.74. The third-order valence-electron chi connectivity index (χ3n) is 16.4. The second-order valence-corrected chi connectivity index (χ2v) is 20.4. The molecule has 0 atom stereocenters. The van der Waals surface area contributed by atoms with Crippen LogP contribution in [0, 0.1) is 0 Å². The summed E-state index contributed by atoms with van der Waals surface area (Å²) in [7, 11) is 0. The zero-order valence-electron chi connectivity index (χ0n) is 40.1. The number of hydrogen-bond donors (Lipinski definition) is 0. The van der Waals surface area contributed by atoms with E-state index < -0.39 is 5.41 Å². The first kappa shape index (κ1) is 40.9. The minimum absolute atomic E-state index is 0.0936. The van der Waals surface area contributed by atoms with Crippen molar-refractivity contribution in [3.8, 4) is 61.3 Å². The highest BCUT2D eigenvalue weighted by Crippen LogP contribution is 2.63. The van der Waals surface area contributed by atoms with E-state index in [0.717, 1.165) is 17.1 Å². The fraction of sp³-hybridized carbons (Fsp3) is 0.0571. The van der Waals surface area contributed by atoms with Gasteiger partial charge in [-0.1, -0.05) is 196 Å². The first-order chi connectivity index (χ1) is 35.5. The molecule has 0 saturated carbocycles. The molecule has 3 aliphatic carbocycles. The van der Waals surface area contributed by atoms with Gasteiger partial charge in [0.15, 0.2) is 0 Å². The van der Waals surface area contributed by atoms with Crippen LogP contribution in [0.5, 0.6) is 0 Å². The zero-order chi connectivity index (χ0) is 47.7. The Morgan fingerprint density at radius 3 is 1.33 bits per heavy atom. The van der Waals surface area contributed by atoms with E-state index in [4.69, 9.17) is 0 Å². The van der Waals surface area contributed by atoms with Gasteiger partial charge < -0.3 is 9.47 Å². The third-order valence-corrected chi connectivity index (χ3v) is 16.4. The molecule has 0 N–H and O–H groups in total. The monoisotopic (exact) mass is 916 g/mol. The first-order valence-electron chi connectivity index (χ1n) is 25.2. The quantitative estimate of drug-likeness (QED) is 0.161. The molecule has 1 heterocycles. The van der Waals surface area contributed by atoms with Crippen LogP contribution in [-0.4, -0.2) is 4.57 Å². The van der Waals surface area contributed by atoms with Gasteiger partial charge in [0.2, 0.25) is 0 Å². The maximum atomic E-state index is 2.47. The lowest BCUT2D eigenvalue weighted by molar-refractivity contribution is 0.661. The van der Waals surface area contributed by atoms with Crippen molar-refractivity contribution >= 4 is 38.9 Å². The molecule has 0 amide bonds. The molecule has 0 saturated heterocycles. The maximum Gasteiger partial charge on any atom is 0.0725 e. The predicted molar refractivity (Wildman–Crippen MR) is 300 cm³/mol. The lowest BCUT2D eigenvalue weighted by Crippen LogP contribution is -2.25. The van der Waals surface area contributed by atoms with Gasteiger partial charge in [-0.25, -0.2) is 0 Å². The van der Waals surface area contributed by atoms with Crippen LogP contribution >= 0.6 is 0 Å². The topological polar surface area (TPSA) is 8.17 Å². The van der Waals surface area contributed by atoms with Crippen LogP contribution in [0.25, 0.3) is 83.1 Å². The Bertz CT molecular complexity index is 4110. The van der Waals surface area contributed by atoms with E-state index in [1.165, 1.54) is 117 Å². The summed E-state index contributed by atoms with van der Waals surface area (Å²) < 4.78 is 2.46. The third kappa shape index (κ3) is 5.66. The van der Waals surface area contributed by atoms with Crippen molar-refractivity contribution in [1.29, 1.82) is 0 Å². The summed E-state index contributed by atoms with van der Waals surface area (Å²) in [6.07, 6.45) is 0. The molecule has 12 aromatic rings. The number of para-hydroxylation sites is 1. The second-order valence-electron chi connectivity index (χ2n) is 20.4. The van der Waals surface area contributed by atoms with Gasteiger partial charge in [0.25, 0.3) is 0 Å². The Balaban J connectivity index is 0.878. The molecule has 0 unspecified atom stereocenters. The summed E-state index contributed by atoms with van der Waals surface area (Å²) in [6, 6.07) is 95.1. The fourth-order valence-corrected chi connectivity index (χ4v) is 13.2. The molecule has 338 valence electrons. The zero-order valence-corrected chi connectivity index (χ0v) is 40.1. The standard InChI is InChI=1S/C70H48N2/c1-69(2)61-25-13-9-23-55(61)58-43-60-59-41-48(33-40-67(59)72(68(60)44-66(58)69)49-19-7-4-8-20-49)47-31-36-51(37-32-47)71(50-34-29-46(30-35-50)45-17-5-3-6-18-45)52-38-39-65-57(42-52)56-24-12-16-28-64(56)70(65)62-26-14-10-21-53(62)54-22-11-15-27-63(54)70/h3-44H,1-2H3. The number of nitrogens with zero attached hydrogens (tertiary/aromatic N) is 2. The van der Waals surface area contributed by atoms with E-state index in [9.17, 15) is 0 Å². The first-order valence-corrected chi connectivity index (χ1v) is 25.2. The molecule has 2 heteroatoms. The van der Waals surface area contributed by atoms with Crippen LogP contribution < -0.4 is 4.90 Å². The molecule has 1 spiro atoms. The molecule has 0 fully saturated rings. The van der Waals surface area contributed by atoms with Crippen molar-refractivity contribution < 1.29 is 0 Å². The van der Waals surface area contributed by atoms with Gasteiger partial charge in [0.1, 0.15) is 0 Å². The van der Waals surface area contributed by atoms with Crippen LogP contribution in [0.1, 0.15) is 47.2 Å². The number of benzene rings is 11. The van der Waals surface area contributed by atoms with Gasteiger partial charge in [-0.15, -0.1) is 0 Å². The molecule has 3 aliphatic rings. The Hall–Kier alpha value is -8.98. The van der Waals surface area contributed by atoms with Crippen molar-refractivity contribution in [3.05, 3.63) is 288 Å². The minimum atomic E-state index is -0.392. The number of rotatable bonds is 6. The Morgan fingerprint density at radius 1 is 0.292 bits per heavy atom. The summed E-state index contributed by atoms with van der Waals surface area (Å²) >= 11 is 0. The van der Waals surface area contributed by atoms with Gasteiger partial charge in [0, 0.05) is 38.9 Å². The van der Waals surface area contributed by atoms with E-state index in [-0.39, 0.29) is 5.41 Å². The Kier molecular flexibility index (Phi) is 8.66. The van der Waals surface area contributed by atoms with Gasteiger partial charge in [-0.3, -0.25) is 0 Å². The van der Waals surface area contributed by atoms with Crippen molar-refractivity contribution in [3.63, 3.8) is 0 Å². The average molecular weight is 917 g/mol. The summed E-state index contributed by atoms with van der Waals surface area (Å²) in [5, 5.41) is 2.53. The number of aromatic nitrogens is 1. The molecule has 0 radical (unpaired) electrons. The summed E-state index contributed by atoms with van der Waals surface area (Å²) in [4.78, 5) is 2.43. The molecule has 72 heavy (non-hydrogen) atoms. The van der Waals surface area contributed by atoms with Crippen molar-refractivity contribution in [2.45, 2.75) is 24.7 Å². The number of hydrogen-bond acceptors (Lipinski definition) is 1.